The number of likely N-dealkylation sites (N-methyl/N-ethyl adjacent to an activating group) is 1. The molecule has 0 aliphatic carbocycles. The second-order valence-electron chi connectivity index (χ2n) is 7.46. The van der Waals surface area contributed by atoms with Gasteiger partial charge in [0, 0.05) is 11.6 Å². The van der Waals surface area contributed by atoms with Crippen molar-refractivity contribution in [3.8, 4) is 0 Å². The molecular weight excluding hydrogens is 392 g/mol. The van der Waals surface area contributed by atoms with Gasteiger partial charge in [-0.2, -0.15) is 0 Å². The summed E-state index contributed by atoms with van der Waals surface area (Å²) < 4.78 is 5.73. The van der Waals surface area contributed by atoms with Crippen LogP contribution in [0.4, 0.5) is 0 Å². The van der Waals surface area contributed by atoms with Crippen LogP contribution >= 0.6 is 23.4 Å². The molecule has 1 amide bonds. The first-order valence-electron chi connectivity index (χ1n) is 9.28. The number of hydrogen-bond acceptors (Lipinski definition) is 7. The van der Waals surface area contributed by atoms with Gasteiger partial charge in [-0.3, -0.25) is 9.69 Å². The van der Waals surface area contributed by atoms with E-state index in [0.29, 0.717) is 5.92 Å². The van der Waals surface area contributed by atoms with Crippen LogP contribution in [0.2, 0.25) is 0 Å². The van der Waals surface area contributed by atoms with E-state index in [1.54, 1.807) is 6.26 Å². The first-order chi connectivity index (χ1) is 12.7. The zero-order valence-corrected chi connectivity index (χ0v) is 17.6. The predicted octanol–water partition coefficient (Wildman–Crippen LogP) is 0.515. The number of carbonyl (C=O) groups excluding carboxylic acids is 1. The SMILES string of the molecule is C=C(Cl)[C@@H](NC(=O)[C@@H]1C[C@@H](CCC)CN1C)[C@H]1O[C@H](SC)[C@H](O)[C@@H](O)[C@H]1O. The maximum atomic E-state index is 12.9. The molecule has 2 rings (SSSR count). The summed E-state index contributed by atoms with van der Waals surface area (Å²) in [4.78, 5) is 14.9. The normalized spacial score (nSPS) is 38.6. The number of nitrogens with zero attached hydrogens (tertiary/aromatic N) is 1. The Balaban J connectivity index is 2.11. The molecule has 2 saturated heterocycles. The molecule has 27 heavy (non-hydrogen) atoms. The Kier molecular flexibility index (Phi) is 8.42. The minimum Gasteiger partial charge on any atom is -0.387 e. The smallest absolute Gasteiger partial charge is 0.237 e. The van der Waals surface area contributed by atoms with E-state index in [1.807, 2.05) is 11.9 Å². The molecule has 2 fully saturated rings. The molecule has 2 aliphatic rings. The first-order valence-corrected chi connectivity index (χ1v) is 10.9. The molecule has 9 heteroatoms. The topological polar surface area (TPSA) is 102 Å². The van der Waals surface area contributed by atoms with E-state index in [2.05, 4.69) is 18.8 Å². The average molecular weight is 423 g/mol. The van der Waals surface area contributed by atoms with Crippen molar-refractivity contribution in [3.05, 3.63) is 11.6 Å². The lowest BCUT2D eigenvalue weighted by molar-refractivity contribution is -0.202. The number of likely N-dealkylation sites (tertiary alicyclic amines) is 1. The zero-order chi connectivity index (χ0) is 20.3. The van der Waals surface area contributed by atoms with Crippen LogP contribution in [0.3, 0.4) is 0 Å². The van der Waals surface area contributed by atoms with Crippen LogP contribution in [0.5, 0.6) is 0 Å². The van der Waals surface area contributed by atoms with Crippen LogP contribution in [0.25, 0.3) is 0 Å². The molecule has 2 heterocycles. The monoisotopic (exact) mass is 422 g/mol. The number of rotatable bonds is 7. The fraction of sp³-hybridized carbons (Fsp3) is 0.833. The molecule has 4 N–H and O–H groups in total. The molecule has 0 aromatic heterocycles. The number of aliphatic hydroxyl groups is 3. The second-order valence-corrected chi connectivity index (χ2v) is 8.88. The third kappa shape index (κ3) is 5.18. The highest BCUT2D eigenvalue weighted by atomic mass is 35.5. The lowest BCUT2D eigenvalue weighted by Crippen LogP contribution is -2.63. The number of amides is 1. The van der Waals surface area contributed by atoms with E-state index < -0.39 is 35.9 Å². The van der Waals surface area contributed by atoms with Crippen LogP contribution in [-0.2, 0) is 9.53 Å². The summed E-state index contributed by atoms with van der Waals surface area (Å²) in [7, 11) is 1.92. The Labute approximate surface area is 170 Å². The summed E-state index contributed by atoms with van der Waals surface area (Å²) in [6, 6.07) is -1.17. The van der Waals surface area contributed by atoms with Crippen LogP contribution in [0, 0.1) is 5.92 Å². The first kappa shape index (κ1) is 22.9. The number of nitrogens with one attached hydrogen (secondary N) is 1. The molecule has 0 unspecified atom stereocenters. The molecule has 7 nitrogen and oxygen atoms in total. The summed E-state index contributed by atoms with van der Waals surface area (Å²) in [5.41, 5.74) is -0.744. The van der Waals surface area contributed by atoms with Gasteiger partial charge in [0.05, 0.1) is 12.1 Å². The van der Waals surface area contributed by atoms with E-state index in [-0.39, 0.29) is 17.0 Å². The number of aliphatic hydroxyl groups excluding tert-OH is 3. The molecule has 0 aromatic carbocycles. The number of ether oxygens (including phenoxy) is 1. The van der Waals surface area contributed by atoms with E-state index in [9.17, 15) is 20.1 Å². The van der Waals surface area contributed by atoms with Gasteiger partial charge in [-0.15, -0.1) is 11.8 Å². The van der Waals surface area contributed by atoms with Gasteiger partial charge < -0.3 is 25.4 Å². The highest BCUT2D eigenvalue weighted by molar-refractivity contribution is 7.99. The zero-order valence-electron chi connectivity index (χ0n) is 16.0. The molecule has 0 saturated carbocycles. The van der Waals surface area contributed by atoms with Gasteiger partial charge >= 0.3 is 0 Å². The molecule has 0 radical (unpaired) electrons. The molecule has 0 aromatic rings. The maximum absolute atomic E-state index is 12.9. The van der Waals surface area contributed by atoms with Crippen LogP contribution < -0.4 is 5.32 Å². The van der Waals surface area contributed by atoms with Crippen molar-refractivity contribution in [2.75, 3.05) is 19.8 Å². The highest BCUT2D eigenvalue weighted by Gasteiger charge is 2.48. The van der Waals surface area contributed by atoms with Crippen molar-refractivity contribution in [3.63, 3.8) is 0 Å². The van der Waals surface area contributed by atoms with Gasteiger partial charge in [0.15, 0.2) is 0 Å². The molecule has 2 aliphatic heterocycles. The van der Waals surface area contributed by atoms with Crippen molar-refractivity contribution >= 4 is 29.3 Å². The lowest BCUT2D eigenvalue weighted by atomic mass is 9.94. The molecule has 8 atom stereocenters. The number of halogens is 1. The van der Waals surface area contributed by atoms with Gasteiger partial charge in [0.2, 0.25) is 5.91 Å². The summed E-state index contributed by atoms with van der Waals surface area (Å²) in [6.07, 6.45) is -0.413. The highest BCUT2D eigenvalue weighted by Crippen LogP contribution is 2.31. The summed E-state index contributed by atoms with van der Waals surface area (Å²) in [5, 5.41) is 33.5. The Morgan fingerprint density at radius 3 is 2.59 bits per heavy atom. The summed E-state index contributed by atoms with van der Waals surface area (Å²) in [5.74, 6) is 0.266. The maximum Gasteiger partial charge on any atom is 0.237 e. The second kappa shape index (κ2) is 9.91. The Morgan fingerprint density at radius 1 is 1.37 bits per heavy atom. The van der Waals surface area contributed by atoms with Gasteiger partial charge in [-0.1, -0.05) is 31.5 Å². The van der Waals surface area contributed by atoms with Gasteiger partial charge in [-0.05, 0) is 32.1 Å². The Morgan fingerprint density at radius 2 is 2.04 bits per heavy atom. The number of hydrogen-bond donors (Lipinski definition) is 4. The van der Waals surface area contributed by atoms with E-state index in [0.717, 1.165) is 25.8 Å². The molecule has 156 valence electrons. The third-order valence-corrected chi connectivity index (χ3v) is 6.53. The largest absolute Gasteiger partial charge is 0.387 e. The fourth-order valence-electron chi connectivity index (χ4n) is 3.96. The average Bonchev–Trinajstić information content (AvgIpc) is 2.99. The van der Waals surface area contributed by atoms with Gasteiger partial charge in [0.25, 0.3) is 0 Å². The summed E-state index contributed by atoms with van der Waals surface area (Å²) in [6.45, 7) is 6.69. The molecule has 0 bridgehead atoms. The van der Waals surface area contributed by atoms with E-state index >= 15 is 0 Å². The van der Waals surface area contributed by atoms with Gasteiger partial charge in [0.1, 0.15) is 29.9 Å². The van der Waals surface area contributed by atoms with Crippen molar-refractivity contribution in [1.29, 1.82) is 0 Å². The minimum absolute atomic E-state index is 0.0987. The quantitative estimate of drug-likeness (QED) is 0.474. The predicted molar refractivity (Wildman–Crippen MR) is 107 cm³/mol. The summed E-state index contributed by atoms with van der Waals surface area (Å²) >= 11 is 7.32. The van der Waals surface area contributed by atoms with E-state index in [1.165, 1.54) is 11.8 Å². The minimum atomic E-state index is -1.40. The van der Waals surface area contributed by atoms with Crippen molar-refractivity contribution in [1.82, 2.24) is 10.2 Å². The lowest BCUT2D eigenvalue weighted by Gasteiger charge is -2.43. The van der Waals surface area contributed by atoms with Crippen LogP contribution in [0.15, 0.2) is 11.6 Å². The van der Waals surface area contributed by atoms with Crippen molar-refractivity contribution in [2.45, 2.75) is 68.1 Å². The van der Waals surface area contributed by atoms with Crippen LogP contribution in [0.1, 0.15) is 26.2 Å². The molecule has 0 spiro atoms. The van der Waals surface area contributed by atoms with Crippen molar-refractivity contribution < 1.29 is 24.9 Å². The Hall–Kier alpha value is -0.350. The standard InChI is InChI=1S/C18H31ClN2O5S/c1-5-6-10-7-11(21(3)8-10)17(25)20-12(9(2)19)16-14(23)13(22)15(24)18(26-16)27-4/h10-16,18,22-24H,2,5-8H2,1,3-4H3,(H,20,25)/t10-,11+,12-,13+,14-,15-,16-,18-/m1/s1. The fourth-order valence-corrected chi connectivity index (χ4v) is 4.82. The van der Waals surface area contributed by atoms with Gasteiger partial charge in [-0.25, -0.2) is 0 Å². The van der Waals surface area contributed by atoms with Crippen LogP contribution in [-0.4, -0.2) is 87.9 Å². The van der Waals surface area contributed by atoms with Crippen molar-refractivity contribution in [2.24, 2.45) is 5.92 Å². The Bertz CT molecular complexity index is 538. The third-order valence-electron chi connectivity index (χ3n) is 5.44. The number of thioether (sulfide) groups is 1. The molecular formula is C18H31ClN2O5S. The number of carbonyl (C=O) groups is 1. The van der Waals surface area contributed by atoms with E-state index in [4.69, 9.17) is 16.3 Å².